The molecule has 0 atom stereocenters. The third-order valence-corrected chi connectivity index (χ3v) is 3.67. The summed E-state index contributed by atoms with van der Waals surface area (Å²) in [5.41, 5.74) is 0.752. The van der Waals surface area contributed by atoms with E-state index in [1.54, 1.807) is 4.68 Å². The van der Waals surface area contributed by atoms with Crippen molar-refractivity contribution >= 4 is 10.0 Å². The number of aryl methyl sites for hydroxylation is 1. The fourth-order valence-corrected chi connectivity index (χ4v) is 2.45. The van der Waals surface area contributed by atoms with Gasteiger partial charge in [0.25, 0.3) is 0 Å². The summed E-state index contributed by atoms with van der Waals surface area (Å²) in [4.78, 5) is 0. The quantitative estimate of drug-likeness (QED) is 0.783. The summed E-state index contributed by atoms with van der Waals surface area (Å²) in [6.07, 6.45) is 3.42. The lowest BCUT2D eigenvalue weighted by Crippen LogP contribution is -2.26. The lowest BCUT2D eigenvalue weighted by molar-refractivity contribution is 0.575. The zero-order valence-corrected chi connectivity index (χ0v) is 10.6. The average molecular weight is 245 g/mol. The first-order valence-corrected chi connectivity index (χ1v) is 7.22. The van der Waals surface area contributed by atoms with Crippen LogP contribution in [0.4, 0.5) is 0 Å². The van der Waals surface area contributed by atoms with Gasteiger partial charge in [-0.1, -0.05) is 13.3 Å². The van der Waals surface area contributed by atoms with Crippen molar-refractivity contribution in [2.24, 2.45) is 0 Å². The second-order valence-electron chi connectivity index (χ2n) is 3.66. The first kappa shape index (κ1) is 13.2. The highest BCUT2D eigenvalue weighted by molar-refractivity contribution is 7.89. The fourth-order valence-electron chi connectivity index (χ4n) is 1.26. The van der Waals surface area contributed by atoms with Crippen LogP contribution in [-0.4, -0.2) is 24.0 Å². The van der Waals surface area contributed by atoms with Gasteiger partial charge >= 0.3 is 0 Å². The molecule has 1 N–H and O–H groups in total. The number of sulfonamides is 1. The van der Waals surface area contributed by atoms with Gasteiger partial charge in [-0.25, -0.2) is 13.1 Å². The first-order valence-electron chi connectivity index (χ1n) is 5.57. The van der Waals surface area contributed by atoms with E-state index in [0.717, 1.165) is 18.7 Å². The van der Waals surface area contributed by atoms with Crippen LogP contribution in [-0.2, 0) is 23.1 Å². The van der Waals surface area contributed by atoms with E-state index >= 15 is 0 Å². The van der Waals surface area contributed by atoms with Gasteiger partial charge < -0.3 is 0 Å². The molecule has 0 bridgehead atoms. The molecule has 92 valence electrons. The topological polar surface area (TPSA) is 64.0 Å². The summed E-state index contributed by atoms with van der Waals surface area (Å²) in [6.45, 7) is 5.03. The van der Waals surface area contributed by atoms with Crippen molar-refractivity contribution in [2.45, 2.75) is 39.8 Å². The predicted octanol–water partition coefficient (Wildman–Crippen LogP) is 1.12. The average Bonchev–Trinajstić information content (AvgIpc) is 2.72. The van der Waals surface area contributed by atoms with Crippen molar-refractivity contribution < 1.29 is 8.42 Å². The molecule has 5 nitrogen and oxygen atoms in total. The van der Waals surface area contributed by atoms with Gasteiger partial charge in [-0.2, -0.15) is 5.10 Å². The van der Waals surface area contributed by atoms with E-state index in [1.807, 2.05) is 26.1 Å². The van der Waals surface area contributed by atoms with Gasteiger partial charge in [0.1, 0.15) is 0 Å². The standard InChI is InChI=1S/C10H19N3O2S/c1-3-5-8-16(14,15)11-9-10-6-7-13(4-2)12-10/h6-7,11H,3-5,8-9H2,1-2H3. The summed E-state index contributed by atoms with van der Waals surface area (Å²) in [7, 11) is -3.14. The van der Waals surface area contributed by atoms with Gasteiger partial charge in [0.15, 0.2) is 0 Å². The van der Waals surface area contributed by atoms with E-state index in [9.17, 15) is 8.42 Å². The Morgan fingerprint density at radius 1 is 1.44 bits per heavy atom. The number of nitrogens with zero attached hydrogens (tertiary/aromatic N) is 2. The Morgan fingerprint density at radius 2 is 2.19 bits per heavy atom. The SMILES string of the molecule is CCCCS(=O)(=O)NCc1ccn(CC)n1. The van der Waals surface area contributed by atoms with Crippen molar-refractivity contribution in [1.82, 2.24) is 14.5 Å². The number of hydrogen-bond acceptors (Lipinski definition) is 3. The Bertz CT molecular complexity index is 411. The van der Waals surface area contributed by atoms with E-state index < -0.39 is 10.0 Å². The summed E-state index contributed by atoms with van der Waals surface area (Å²) >= 11 is 0. The molecule has 1 aromatic rings. The van der Waals surface area contributed by atoms with Crippen molar-refractivity contribution in [2.75, 3.05) is 5.75 Å². The maximum atomic E-state index is 11.5. The van der Waals surface area contributed by atoms with Gasteiger partial charge in [0.2, 0.25) is 10.0 Å². The monoisotopic (exact) mass is 245 g/mol. The Hall–Kier alpha value is -0.880. The number of rotatable bonds is 7. The number of unbranched alkanes of at least 4 members (excludes halogenated alkanes) is 1. The molecule has 0 aliphatic carbocycles. The molecule has 0 saturated carbocycles. The van der Waals surface area contributed by atoms with Crippen LogP contribution in [0, 0.1) is 0 Å². The molecule has 0 aromatic carbocycles. The third-order valence-electron chi connectivity index (χ3n) is 2.26. The Kier molecular flexibility index (Phi) is 4.95. The van der Waals surface area contributed by atoms with Crippen LogP contribution in [0.1, 0.15) is 32.4 Å². The third kappa shape index (κ3) is 4.32. The van der Waals surface area contributed by atoms with Crippen LogP contribution in [0.2, 0.25) is 0 Å². The van der Waals surface area contributed by atoms with Crippen LogP contribution in [0.3, 0.4) is 0 Å². The van der Waals surface area contributed by atoms with Crippen molar-refractivity contribution in [1.29, 1.82) is 0 Å². The molecule has 16 heavy (non-hydrogen) atoms. The zero-order chi connectivity index (χ0) is 12.0. The van der Waals surface area contributed by atoms with Gasteiger partial charge in [0.05, 0.1) is 18.0 Å². The largest absolute Gasteiger partial charge is 0.273 e. The minimum Gasteiger partial charge on any atom is -0.273 e. The summed E-state index contributed by atoms with van der Waals surface area (Å²) in [5.74, 6) is 0.192. The molecule has 0 radical (unpaired) electrons. The summed E-state index contributed by atoms with van der Waals surface area (Å²) in [5, 5.41) is 4.20. The Balaban J connectivity index is 2.44. The van der Waals surface area contributed by atoms with Crippen LogP contribution >= 0.6 is 0 Å². The highest BCUT2D eigenvalue weighted by atomic mass is 32.2. The molecule has 0 amide bonds. The molecular formula is C10H19N3O2S. The van der Waals surface area contributed by atoms with Crippen LogP contribution in [0.25, 0.3) is 0 Å². The highest BCUT2D eigenvalue weighted by Crippen LogP contribution is 1.98. The first-order chi connectivity index (χ1) is 7.57. The second-order valence-corrected chi connectivity index (χ2v) is 5.58. The minimum atomic E-state index is -3.14. The van der Waals surface area contributed by atoms with Gasteiger partial charge in [-0.05, 0) is 19.4 Å². The summed E-state index contributed by atoms with van der Waals surface area (Å²) < 4.78 is 27.3. The number of aromatic nitrogens is 2. The van der Waals surface area contributed by atoms with E-state index in [1.165, 1.54) is 0 Å². The molecule has 1 aromatic heterocycles. The molecule has 0 fully saturated rings. The van der Waals surface area contributed by atoms with E-state index in [-0.39, 0.29) is 12.3 Å². The molecule has 0 aliphatic rings. The van der Waals surface area contributed by atoms with Gasteiger partial charge in [-0.15, -0.1) is 0 Å². The van der Waals surface area contributed by atoms with E-state index in [4.69, 9.17) is 0 Å². The molecule has 0 saturated heterocycles. The molecular weight excluding hydrogens is 226 g/mol. The van der Waals surface area contributed by atoms with Crippen LogP contribution in [0.5, 0.6) is 0 Å². The molecule has 1 rings (SSSR count). The lowest BCUT2D eigenvalue weighted by Gasteiger charge is -2.03. The van der Waals surface area contributed by atoms with Crippen molar-refractivity contribution in [3.05, 3.63) is 18.0 Å². The lowest BCUT2D eigenvalue weighted by atomic mass is 10.4. The normalized spacial score (nSPS) is 11.9. The minimum absolute atomic E-state index is 0.192. The Labute approximate surface area is 96.9 Å². The van der Waals surface area contributed by atoms with Crippen LogP contribution < -0.4 is 4.72 Å². The van der Waals surface area contributed by atoms with Crippen molar-refractivity contribution in [3.63, 3.8) is 0 Å². The highest BCUT2D eigenvalue weighted by Gasteiger charge is 2.09. The maximum Gasteiger partial charge on any atom is 0.211 e. The number of nitrogens with one attached hydrogen (secondary N) is 1. The molecule has 0 spiro atoms. The molecule has 6 heteroatoms. The molecule has 0 aliphatic heterocycles. The fraction of sp³-hybridized carbons (Fsp3) is 0.700. The van der Waals surface area contributed by atoms with Gasteiger partial charge in [0, 0.05) is 12.7 Å². The predicted molar refractivity (Wildman–Crippen MR) is 63.4 cm³/mol. The van der Waals surface area contributed by atoms with Crippen LogP contribution in [0.15, 0.2) is 12.3 Å². The maximum absolute atomic E-state index is 11.5. The molecule has 1 heterocycles. The Morgan fingerprint density at radius 3 is 2.75 bits per heavy atom. The summed E-state index contributed by atoms with van der Waals surface area (Å²) in [6, 6.07) is 1.83. The number of hydrogen-bond donors (Lipinski definition) is 1. The molecule has 0 unspecified atom stereocenters. The van der Waals surface area contributed by atoms with Gasteiger partial charge in [-0.3, -0.25) is 4.68 Å². The second kappa shape index (κ2) is 6.00. The smallest absolute Gasteiger partial charge is 0.211 e. The zero-order valence-electron chi connectivity index (χ0n) is 9.81. The van der Waals surface area contributed by atoms with Crippen molar-refractivity contribution in [3.8, 4) is 0 Å². The van der Waals surface area contributed by atoms with E-state index in [0.29, 0.717) is 6.42 Å². The van der Waals surface area contributed by atoms with E-state index in [2.05, 4.69) is 9.82 Å².